The lowest BCUT2D eigenvalue weighted by Gasteiger charge is -1.65. The fraction of sp³-hybridized carbons (Fsp3) is 0.455. The van der Waals surface area contributed by atoms with Crippen molar-refractivity contribution >= 4 is 0 Å². The highest BCUT2D eigenvalue weighted by Gasteiger charge is 1.52. The molecule has 0 saturated carbocycles. The van der Waals surface area contributed by atoms with Gasteiger partial charge in [-0.05, 0) is 19.8 Å². The van der Waals surface area contributed by atoms with Gasteiger partial charge in [0.05, 0.1) is 0 Å². The standard InChI is InChI=1S/C5H10.C4H8.C2H4/c1-3-5-4-2;1-3-4-2;1-2/h3,5H,4H2,1-2H3;3H,1,4H2,2H3;1-2H2/b5-3+;;. The summed E-state index contributed by atoms with van der Waals surface area (Å²) in [5, 5.41) is 0. The average Bonchev–Trinajstić information content (AvgIpc) is 2.10. The van der Waals surface area contributed by atoms with Gasteiger partial charge < -0.3 is 0 Å². The first kappa shape index (κ1) is 16.7. The zero-order chi connectivity index (χ0) is 9.54. The molecule has 0 unspecified atom stereocenters. The van der Waals surface area contributed by atoms with Gasteiger partial charge in [0.25, 0.3) is 0 Å². The summed E-state index contributed by atoms with van der Waals surface area (Å²) in [4.78, 5) is 0. The van der Waals surface area contributed by atoms with E-state index in [1.165, 1.54) is 0 Å². The first-order valence-corrected chi connectivity index (χ1v) is 4.05. The van der Waals surface area contributed by atoms with Gasteiger partial charge in [-0.15, -0.1) is 19.7 Å². The lowest BCUT2D eigenvalue weighted by atomic mass is 10.4. The molecule has 0 rings (SSSR count). The lowest BCUT2D eigenvalue weighted by Crippen LogP contribution is -1.43. The molecule has 0 aromatic rings. The van der Waals surface area contributed by atoms with Gasteiger partial charge in [-0.1, -0.05) is 32.1 Å². The maximum atomic E-state index is 3.48. The molecule has 0 N–H and O–H groups in total. The van der Waals surface area contributed by atoms with E-state index < -0.39 is 0 Å². The third-order valence-electron chi connectivity index (χ3n) is 0.760. The zero-order valence-electron chi connectivity index (χ0n) is 8.27. The first-order valence-electron chi connectivity index (χ1n) is 4.05. The smallest absolute Gasteiger partial charge is 0.0379 e. The fourth-order valence-corrected chi connectivity index (χ4v) is 0.236. The van der Waals surface area contributed by atoms with Crippen LogP contribution in [-0.4, -0.2) is 0 Å². The molecule has 0 saturated heterocycles. The summed E-state index contributed by atoms with van der Waals surface area (Å²) in [5.74, 6) is 0. The minimum atomic E-state index is 1.08. The average molecular weight is 154 g/mol. The molecule has 11 heavy (non-hydrogen) atoms. The first-order chi connectivity index (χ1) is 5.33. The third kappa shape index (κ3) is 97.5. The van der Waals surface area contributed by atoms with Gasteiger partial charge in [-0.2, -0.15) is 0 Å². The Hall–Kier alpha value is -0.780. The van der Waals surface area contributed by atoms with E-state index in [-0.39, 0.29) is 0 Å². The van der Waals surface area contributed by atoms with Crippen molar-refractivity contribution < 1.29 is 0 Å². The van der Waals surface area contributed by atoms with Crippen molar-refractivity contribution in [1.29, 1.82) is 0 Å². The van der Waals surface area contributed by atoms with Crippen molar-refractivity contribution in [3.8, 4) is 0 Å². The van der Waals surface area contributed by atoms with E-state index in [0.717, 1.165) is 12.8 Å². The van der Waals surface area contributed by atoms with Crippen LogP contribution in [0.1, 0.15) is 33.6 Å². The Bertz CT molecular complexity index is 70.1. The molecule has 0 heterocycles. The monoisotopic (exact) mass is 154 g/mol. The van der Waals surface area contributed by atoms with E-state index in [1.54, 1.807) is 0 Å². The third-order valence-corrected chi connectivity index (χ3v) is 0.760. The molecule has 0 heteroatoms. The molecule has 0 radical (unpaired) electrons. The Kier molecular flexibility index (Phi) is 53.0. The summed E-state index contributed by atoms with van der Waals surface area (Å²) >= 11 is 0. The van der Waals surface area contributed by atoms with Gasteiger partial charge in [0.1, 0.15) is 0 Å². The molecular weight excluding hydrogens is 132 g/mol. The van der Waals surface area contributed by atoms with Crippen molar-refractivity contribution in [2.45, 2.75) is 33.6 Å². The number of hydrogen-bond acceptors (Lipinski definition) is 0. The summed E-state index contributed by atoms with van der Waals surface area (Å²) in [5.41, 5.74) is 0. The Morgan fingerprint density at radius 2 is 1.45 bits per heavy atom. The van der Waals surface area contributed by atoms with Crippen LogP contribution in [0.3, 0.4) is 0 Å². The normalized spacial score (nSPS) is 7.18. The Balaban J connectivity index is -0.0000000965. The van der Waals surface area contributed by atoms with E-state index in [4.69, 9.17) is 0 Å². The predicted octanol–water partition coefficient (Wildman–Crippen LogP) is 4.36. The lowest BCUT2D eigenvalue weighted by molar-refractivity contribution is 1.22. The van der Waals surface area contributed by atoms with E-state index in [0.29, 0.717) is 0 Å². The molecule has 0 nitrogen and oxygen atoms in total. The molecule has 0 atom stereocenters. The highest BCUT2D eigenvalue weighted by molar-refractivity contribution is 4.73. The fourth-order valence-electron chi connectivity index (χ4n) is 0.236. The molecule has 0 aromatic carbocycles. The summed E-state index contributed by atoms with van der Waals surface area (Å²) < 4.78 is 0. The molecule has 0 aromatic heterocycles. The van der Waals surface area contributed by atoms with Crippen LogP contribution in [0.5, 0.6) is 0 Å². The van der Waals surface area contributed by atoms with Crippen LogP contribution in [0.4, 0.5) is 0 Å². The molecular formula is C11H22. The number of rotatable bonds is 2. The van der Waals surface area contributed by atoms with Crippen LogP contribution in [0, 0.1) is 0 Å². The van der Waals surface area contributed by atoms with E-state index in [1.807, 2.05) is 13.0 Å². The number of allylic oxidation sites excluding steroid dienone is 3. The Morgan fingerprint density at radius 1 is 1.09 bits per heavy atom. The van der Waals surface area contributed by atoms with Crippen molar-refractivity contribution in [2.75, 3.05) is 0 Å². The largest absolute Gasteiger partial charge is 0.106 e. The van der Waals surface area contributed by atoms with Crippen molar-refractivity contribution in [1.82, 2.24) is 0 Å². The second kappa shape index (κ2) is 35.0. The van der Waals surface area contributed by atoms with Crippen molar-refractivity contribution in [2.24, 2.45) is 0 Å². The second-order valence-electron chi connectivity index (χ2n) is 1.67. The van der Waals surface area contributed by atoms with Gasteiger partial charge in [0, 0.05) is 0 Å². The van der Waals surface area contributed by atoms with Gasteiger partial charge in [-0.3, -0.25) is 0 Å². The summed E-state index contributed by atoms with van der Waals surface area (Å²) in [7, 11) is 0. The van der Waals surface area contributed by atoms with Gasteiger partial charge in [0.2, 0.25) is 0 Å². The molecule has 0 aliphatic heterocycles. The molecule has 0 amide bonds. The number of hydrogen-bond donors (Lipinski definition) is 0. The van der Waals surface area contributed by atoms with E-state index >= 15 is 0 Å². The SMILES string of the molecule is C/C=C/CC.C=C.C=CCC. The predicted molar refractivity (Wildman–Crippen MR) is 56.8 cm³/mol. The van der Waals surface area contributed by atoms with Crippen LogP contribution < -0.4 is 0 Å². The summed E-state index contributed by atoms with van der Waals surface area (Å²) in [6.45, 7) is 15.7. The molecule has 0 fully saturated rings. The summed E-state index contributed by atoms with van der Waals surface area (Å²) in [6.07, 6.45) is 8.30. The quantitative estimate of drug-likeness (QED) is 0.518. The highest BCUT2D eigenvalue weighted by Crippen LogP contribution is 1.73. The van der Waals surface area contributed by atoms with Gasteiger partial charge in [-0.25, -0.2) is 0 Å². The molecule has 0 spiro atoms. The van der Waals surface area contributed by atoms with Gasteiger partial charge >= 0.3 is 0 Å². The molecule has 0 bridgehead atoms. The Morgan fingerprint density at radius 3 is 1.45 bits per heavy atom. The van der Waals surface area contributed by atoms with Crippen LogP contribution in [-0.2, 0) is 0 Å². The van der Waals surface area contributed by atoms with Crippen molar-refractivity contribution in [3.05, 3.63) is 38.0 Å². The van der Waals surface area contributed by atoms with Gasteiger partial charge in [0.15, 0.2) is 0 Å². The molecule has 66 valence electrons. The highest BCUT2D eigenvalue weighted by atomic mass is 13.6. The Labute approximate surface area is 72.3 Å². The maximum Gasteiger partial charge on any atom is -0.0379 e. The maximum absolute atomic E-state index is 3.48. The van der Waals surface area contributed by atoms with Crippen LogP contribution in [0.2, 0.25) is 0 Å². The topological polar surface area (TPSA) is 0 Å². The van der Waals surface area contributed by atoms with Crippen LogP contribution in [0.15, 0.2) is 38.0 Å². The van der Waals surface area contributed by atoms with E-state index in [2.05, 4.69) is 45.7 Å². The molecule has 0 aliphatic carbocycles. The van der Waals surface area contributed by atoms with Crippen molar-refractivity contribution in [3.63, 3.8) is 0 Å². The molecule has 0 aliphatic rings. The summed E-state index contributed by atoms with van der Waals surface area (Å²) in [6, 6.07) is 0. The second-order valence-corrected chi connectivity index (χ2v) is 1.67. The van der Waals surface area contributed by atoms with E-state index in [9.17, 15) is 0 Å². The minimum Gasteiger partial charge on any atom is -0.106 e. The van der Waals surface area contributed by atoms with Crippen LogP contribution in [0.25, 0.3) is 0 Å². The zero-order valence-corrected chi connectivity index (χ0v) is 8.27. The van der Waals surface area contributed by atoms with Crippen LogP contribution >= 0.6 is 0 Å². The minimum absolute atomic E-state index is 1.08.